The second-order valence-electron chi connectivity index (χ2n) is 5.07. The van der Waals surface area contributed by atoms with Crippen LogP contribution in [0.4, 0.5) is 0 Å². The normalized spacial score (nSPS) is 16.6. The van der Waals surface area contributed by atoms with E-state index in [2.05, 4.69) is 4.98 Å². The fourth-order valence-corrected chi connectivity index (χ4v) is 2.65. The molecule has 0 unspecified atom stereocenters. The molecule has 0 saturated heterocycles. The molecular weight excluding hydrogens is 238 g/mol. The molecule has 1 aliphatic rings. The van der Waals surface area contributed by atoms with E-state index in [4.69, 9.17) is 0 Å². The van der Waals surface area contributed by atoms with Gasteiger partial charge in [0.2, 0.25) is 0 Å². The van der Waals surface area contributed by atoms with E-state index < -0.39 is 11.4 Å². The van der Waals surface area contributed by atoms with Crippen LogP contribution in [0.15, 0.2) is 48.8 Å². The van der Waals surface area contributed by atoms with Crippen molar-refractivity contribution in [3.63, 3.8) is 0 Å². The summed E-state index contributed by atoms with van der Waals surface area (Å²) >= 11 is 0. The molecule has 1 fully saturated rings. The topological polar surface area (TPSA) is 50.2 Å². The molecule has 1 aromatic carbocycles. The number of rotatable bonds is 3. The van der Waals surface area contributed by atoms with E-state index in [1.807, 2.05) is 36.4 Å². The van der Waals surface area contributed by atoms with Crippen molar-refractivity contribution in [2.75, 3.05) is 0 Å². The largest absolute Gasteiger partial charge is 0.481 e. The van der Waals surface area contributed by atoms with E-state index in [1.54, 1.807) is 12.4 Å². The summed E-state index contributed by atoms with van der Waals surface area (Å²) in [6, 6.07) is 11.9. The van der Waals surface area contributed by atoms with Crippen molar-refractivity contribution in [1.82, 2.24) is 4.98 Å². The Morgan fingerprint density at radius 3 is 2.42 bits per heavy atom. The number of aliphatic carboxylic acids is 1. The first-order chi connectivity index (χ1) is 9.22. The number of aromatic nitrogens is 1. The van der Waals surface area contributed by atoms with Gasteiger partial charge in [0.05, 0.1) is 5.41 Å². The Bertz CT molecular complexity index is 603. The molecule has 0 spiro atoms. The summed E-state index contributed by atoms with van der Waals surface area (Å²) in [6.45, 7) is 0. The summed E-state index contributed by atoms with van der Waals surface area (Å²) in [5, 5.41) is 9.47. The molecule has 0 atom stereocenters. The predicted molar refractivity (Wildman–Crippen MR) is 72.8 cm³/mol. The summed E-state index contributed by atoms with van der Waals surface area (Å²) in [6.07, 6.45) is 5.87. The van der Waals surface area contributed by atoms with Crippen molar-refractivity contribution in [3.05, 3.63) is 54.4 Å². The molecule has 1 aliphatic carbocycles. The number of hydrogen-bond acceptors (Lipinski definition) is 2. The third-order valence-electron chi connectivity index (χ3n) is 4.01. The molecule has 0 amide bonds. The van der Waals surface area contributed by atoms with Gasteiger partial charge >= 0.3 is 5.97 Å². The highest BCUT2D eigenvalue weighted by atomic mass is 16.4. The van der Waals surface area contributed by atoms with Gasteiger partial charge < -0.3 is 5.11 Å². The molecule has 0 aliphatic heterocycles. The zero-order chi connectivity index (χ0) is 13.3. The van der Waals surface area contributed by atoms with Gasteiger partial charge in [0, 0.05) is 18.0 Å². The van der Waals surface area contributed by atoms with Gasteiger partial charge in [-0.15, -0.1) is 0 Å². The van der Waals surface area contributed by atoms with Gasteiger partial charge in [0.15, 0.2) is 0 Å². The van der Waals surface area contributed by atoms with E-state index in [0.717, 1.165) is 23.1 Å². The number of carboxylic acid groups (broad SMARTS) is 1. The summed E-state index contributed by atoms with van der Waals surface area (Å²) in [5.41, 5.74) is 2.16. The van der Waals surface area contributed by atoms with Crippen LogP contribution in [0.2, 0.25) is 0 Å². The average molecular weight is 253 g/mol. The van der Waals surface area contributed by atoms with Crippen LogP contribution in [-0.2, 0) is 10.2 Å². The molecule has 1 N–H and O–H groups in total. The maximum absolute atomic E-state index is 11.5. The zero-order valence-corrected chi connectivity index (χ0v) is 10.5. The smallest absolute Gasteiger partial charge is 0.314 e. The highest BCUT2D eigenvalue weighted by Crippen LogP contribution is 2.44. The number of carbonyl (C=O) groups is 1. The van der Waals surface area contributed by atoms with Gasteiger partial charge in [0.1, 0.15) is 0 Å². The van der Waals surface area contributed by atoms with Crippen molar-refractivity contribution < 1.29 is 9.90 Å². The van der Waals surface area contributed by atoms with Gasteiger partial charge in [-0.3, -0.25) is 9.78 Å². The van der Waals surface area contributed by atoms with Crippen LogP contribution in [0.1, 0.15) is 24.8 Å². The van der Waals surface area contributed by atoms with Gasteiger partial charge in [-0.05, 0) is 30.0 Å². The molecule has 0 radical (unpaired) electrons. The lowest BCUT2D eigenvalue weighted by Gasteiger charge is -2.37. The number of carboxylic acids is 1. The predicted octanol–water partition coefficient (Wildman–Crippen LogP) is 3.25. The van der Waals surface area contributed by atoms with Crippen LogP contribution in [0, 0.1) is 0 Å². The Hall–Kier alpha value is -2.16. The van der Waals surface area contributed by atoms with Crippen LogP contribution in [0.3, 0.4) is 0 Å². The second-order valence-corrected chi connectivity index (χ2v) is 5.07. The Kier molecular flexibility index (Phi) is 2.82. The van der Waals surface area contributed by atoms with Crippen LogP contribution in [0.5, 0.6) is 0 Å². The van der Waals surface area contributed by atoms with Gasteiger partial charge in [0.25, 0.3) is 0 Å². The maximum Gasteiger partial charge on any atom is 0.314 e. The summed E-state index contributed by atoms with van der Waals surface area (Å²) < 4.78 is 0. The Morgan fingerprint density at radius 1 is 1.11 bits per heavy atom. The fourth-order valence-electron chi connectivity index (χ4n) is 2.65. The molecule has 1 heterocycles. The quantitative estimate of drug-likeness (QED) is 0.913. The fraction of sp³-hybridized carbons (Fsp3) is 0.250. The van der Waals surface area contributed by atoms with Crippen molar-refractivity contribution >= 4 is 5.97 Å². The monoisotopic (exact) mass is 253 g/mol. The molecular formula is C16H15NO2. The first kappa shape index (κ1) is 11.9. The van der Waals surface area contributed by atoms with Gasteiger partial charge in [-0.2, -0.15) is 0 Å². The highest BCUT2D eigenvalue weighted by molar-refractivity contribution is 5.83. The minimum absolute atomic E-state index is 0.711. The molecule has 3 nitrogen and oxygen atoms in total. The van der Waals surface area contributed by atoms with Crippen LogP contribution in [-0.4, -0.2) is 16.1 Å². The van der Waals surface area contributed by atoms with E-state index in [1.165, 1.54) is 0 Å². The van der Waals surface area contributed by atoms with Crippen molar-refractivity contribution in [3.8, 4) is 11.1 Å². The highest BCUT2D eigenvalue weighted by Gasteiger charge is 2.46. The number of benzene rings is 1. The third kappa shape index (κ3) is 1.91. The van der Waals surface area contributed by atoms with E-state index >= 15 is 0 Å². The van der Waals surface area contributed by atoms with E-state index in [0.29, 0.717) is 12.8 Å². The number of nitrogens with zero attached hydrogens (tertiary/aromatic N) is 1. The van der Waals surface area contributed by atoms with E-state index in [9.17, 15) is 9.90 Å². The van der Waals surface area contributed by atoms with Gasteiger partial charge in [-0.1, -0.05) is 36.8 Å². The molecule has 3 heteroatoms. The SMILES string of the molecule is O=C(O)C1(c2cncc(-c3ccccc3)c2)CCC1. The van der Waals surface area contributed by atoms with Gasteiger partial charge in [-0.25, -0.2) is 0 Å². The molecule has 0 bridgehead atoms. The third-order valence-corrected chi connectivity index (χ3v) is 4.01. The second kappa shape index (κ2) is 4.50. The lowest BCUT2D eigenvalue weighted by Crippen LogP contribution is -2.42. The summed E-state index contributed by atoms with van der Waals surface area (Å²) in [5.74, 6) is -0.731. The first-order valence-corrected chi connectivity index (χ1v) is 6.47. The molecule has 1 aromatic heterocycles. The zero-order valence-electron chi connectivity index (χ0n) is 10.5. The Morgan fingerprint density at radius 2 is 1.84 bits per heavy atom. The lowest BCUT2D eigenvalue weighted by atomic mass is 9.64. The minimum atomic E-state index is -0.731. The lowest BCUT2D eigenvalue weighted by molar-refractivity contribution is -0.147. The van der Waals surface area contributed by atoms with Crippen LogP contribution in [0.25, 0.3) is 11.1 Å². The van der Waals surface area contributed by atoms with Crippen molar-refractivity contribution in [1.29, 1.82) is 0 Å². The molecule has 3 rings (SSSR count). The van der Waals surface area contributed by atoms with E-state index in [-0.39, 0.29) is 0 Å². The first-order valence-electron chi connectivity index (χ1n) is 6.47. The number of hydrogen-bond donors (Lipinski definition) is 1. The number of pyridine rings is 1. The Balaban J connectivity index is 2.03. The molecule has 19 heavy (non-hydrogen) atoms. The summed E-state index contributed by atoms with van der Waals surface area (Å²) in [4.78, 5) is 15.8. The van der Waals surface area contributed by atoms with Crippen LogP contribution < -0.4 is 0 Å². The summed E-state index contributed by atoms with van der Waals surface area (Å²) in [7, 11) is 0. The van der Waals surface area contributed by atoms with Crippen LogP contribution >= 0.6 is 0 Å². The standard InChI is InChI=1S/C16H15NO2/c18-15(19)16(7-4-8-16)14-9-13(10-17-11-14)12-5-2-1-3-6-12/h1-3,5-6,9-11H,4,7-8H2,(H,18,19). The molecule has 96 valence electrons. The maximum atomic E-state index is 11.5. The van der Waals surface area contributed by atoms with Crippen molar-refractivity contribution in [2.45, 2.75) is 24.7 Å². The molecule has 2 aromatic rings. The van der Waals surface area contributed by atoms with Crippen molar-refractivity contribution in [2.24, 2.45) is 0 Å². The average Bonchev–Trinajstić information content (AvgIpc) is 2.38. The Labute approximate surface area is 111 Å². The molecule has 1 saturated carbocycles. The minimum Gasteiger partial charge on any atom is -0.481 e.